The first kappa shape index (κ1) is 61.3. The van der Waals surface area contributed by atoms with Crippen molar-refractivity contribution < 1.29 is 0 Å². The Hall–Kier alpha value is -13.8. The van der Waals surface area contributed by atoms with Crippen molar-refractivity contribution in [1.82, 2.24) is 0 Å². The Morgan fingerprint density at radius 2 is 0.250 bits per heavy atom. The minimum Gasteiger partial charge on any atom is -0.310 e. The highest BCUT2D eigenvalue weighted by Gasteiger charge is 2.23. The van der Waals surface area contributed by atoms with E-state index in [0.717, 1.165) is 68.2 Å². The Morgan fingerprint density at radius 1 is 0.106 bits per heavy atom. The lowest BCUT2D eigenvalue weighted by molar-refractivity contribution is 1.30. The topological polar surface area (TPSA) is 13.0 Å². The van der Waals surface area contributed by atoms with Gasteiger partial charge in [0.1, 0.15) is 0 Å². The number of anilines is 12. The lowest BCUT2D eigenvalue weighted by atomic mass is 10.0. The molecule has 0 amide bonds. The summed E-state index contributed by atoms with van der Waals surface area (Å²) < 4.78 is 0. The summed E-state index contributed by atoms with van der Waals surface area (Å²) in [4.78, 5) is 9.61. The van der Waals surface area contributed by atoms with Crippen molar-refractivity contribution in [3.05, 3.63) is 413 Å². The molecule has 0 saturated carbocycles. The van der Waals surface area contributed by atoms with Gasteiger partial charge in [-0.05, 0) is 208 Å². The molecule has 0 aliphatic carbocycles. The Balaban J connectivity index is 0.000000143. The molecule has 0 bridgehead atoms. The van der Waals surface area contributed by atoms with Gasteiger partial charge in [0.15, 0.2) is 0 Å². The van der Waals surface area contributed by atoms with Crippen LogP contribution < -0.4 is 19.6 Å². The number of hydrogen-bond acceptors (Lipinski definition) is 4. The zero-order valence-corrected chi connectivity index (χ0v) is 57.0. The Labute approximate surface area is 604 Å². The molecule has 0 saturated heterocycles. The summed E-state index contributed by atoms with van der Waals surface area (Å²) in [5.74, 6) is 0. The summed E-state index contributed by atoms with van der Waals surface area (Å²) in [6.45, 7) is 0. The summed E-state index contributed by atoms with van der Waals surface area (Å²) in [7, 11) is 0. The van der Waals surface area contributed by atoms with Gasteiger partial charge in [-0.2, -0.15) is 0 Å². The fourth-order valence-electron chi connectivity index (χ4n) is 15.6. The van der Waals surface area contributed by atoms with Crippen LogP contribution in [0.4, 0.5) is 68.2 Å². The van der Waals surface area contributed by atoms with Gasteiger partial charge in [0.2, 0.25) is 0 Å². The van der Waals surface area contributed by atoms with Crippen LogP contribution in [0.1, 0.15) is 0 Å². The maximum atomic E-state index is 2.40. The van der Waals surface area contributed by atoms with Crippen LogP contribution in [0.3, 0.4) is 0 Å². The summed E-state index contributed by atoms with van der Waals surface area (Å²) in [5.41, 5.74) is 13.6. The summed E-state index contributed by atoms with van der Waals surface area (Å²) in [6, 6.07) is 150. The third kappa shape index (κ3) is 11.4. The van der Waals surface area contributed by atoms with E-state index in [4.69, 9.17) is 0 Å². The molecule has 20 aromatic carbocycles. The summed E-state index contributed by atoms with van der Waals surface area (Å²) in [6.07, 6.45) is 0. The first-order valence-electron chi connectivity index (χ1n) is 35.7. The standard InChI is InChI=1S/2C50H34N2/c2*1-3-15-39-31-43(27-23-35(39)11-1)51(49-21-9-17-37-13-5-7-19-47(37)49)45-29-25-42-34-46(30-26-41(42)33-45)52(44-28-24-36-12-2-4-16-40(36)32-44)50-22-10-18-38-14-6-8-20-48(38)50/h2*1-34H. The molecule has 0 unspecified atom stereocenters. The van der Waals surface area contributed by atoms with Crippen LogP contribution >= 0.6 is 0 Å². The molecule has 20 rings (SSSR count). The quantitative estimate of drug-likeness (QED) is 0.121. The molecule has 0 spiro atoms. The van der Waals surface area contributed by atoms with Gasteiger partial charge < -0.3 is 19.6 Å². The second kappa shape index (κ2) is 26.4. The van der Waals surface area contributed by atoms with Gasteiger partial charge in [0.05, 0.1) is 22.7 Å². The van der Waals surface area contributed by atoms with E-state index in [9.17, 15) is 0 Å². The molecule has 488 valence electrons. The molecule has 4 heteroatoms. The monoisotopic (exact) mass is 1320 g/mol. The first-order chi connectivity index (χ1) is 51.5. The normalized spacial score (nSPS) is 11.5. The molecule has 0 aromatic heterocycles. The van der Waals surface area contributed by atoms with Crippen LogP contribution in [0.15, 0.2) is 413 Å². The van der Waals surface area contributed by atoms with E-state index in [-0.39, 0.29) is 0 Å². The lowest BCUT2D eigenvalue weighted by Crippen LogP contribution is -2.11. The predicted octanol–water partition coefficient (Wildman–Crippen LogP) is 28.8. The summed E-state index contributed by atoms with van der Waals surface area (Å²) in [5, 5.41) is 24.3. The van der Waals surface area contributed by atoms with Gasteiger partial charge in [-0.15, -0.1) is 0 Å². The molecule has 0 atom stereocenters. The van der Waals surface area contributed by atoms with Crippen LogP contribution in [-0.4, -0.2) is 0 Å². The third-order valence-corrected chi connectivity index (χ3v) is 20.6. The SMILES string of the molecule is c1ccc2cc(N(c3ccc4cc(N(c5ccc6ccccc6c5)c5cccc6ccccc56)ccc4c3)c3cccc4ccccc34)ccc2c1.c1ccc2cc(N(c3ccc4cc(N(c5ccc6ccccc6c5)c5cccc6ccccc56)ccc4c3)c3cccc4ccccc34)ccc2c1. The molecular formula is C100H68N4. The van der Waals surface area contributed by atoms with Crippen molar-refractivity contribution in [2.24, 2.45) is 0 Å². The van der Waals surface area contributed by atoms with Crippen LogP contribution in [-0.2, 0) is 0 Å². The second-order valence-corrected chi connectivity index (χ2v) is 26.9. The number of rotatable bonds is 12. The van der Waals surface area contributed by atoms with E-state index in [2.05, 4.69) is 432 Å². The average molecular weight is 1330 g/mol. The third-order valence-electron chi connectivity index (χ3n) is 20.6. The zero-order valence-electron chi connectivity index (χ0n) is 57.0. The highest BCUT2D eigenvalue weighted by Crippen LogP contribution is 2.47. The largest absolute Gasteiger partial charge is 0.310 e. The second-order valence-electron chi connectivity index (χ2n) is 26.9. The molecular weight excluding hydrogens is 1260 g/mol. The van der Waals surface area contributed by atoms with E-state index in [0.29, 0.717) is 0 Å². The van der Waals surface area contributed by atoms with Gasteiger partial charge in [-0.1, -0.05) is 291 Å². The van der Waals surface area contributed by atoms with Gasteiger partial charge in [0, 0.05) is 67.0 Å². The van der Waals surface area contributed by atoms with E-state index in [1.807, 2.05) is 0 Å². The predicted molar refractivity (Wildman–Crippen MR) is 447 cm³/mol. The van der Waals surface area contributed by atoms with Crippen molar-refractivity contribution in [3.63, 3.8) is 0 Å². The van der Waals surface area contributed by atoms with Crippen molar-refractivity contribution in [1.29, 1.82) is 0 Å². The minimum atomic E-state index is 1.12. The Morgan fingerprint density at radius 3 is 0.452 bits per heavy atom. The Kier molecular flexibility index (Phi) is 15.5. The number of fused-ring (bicyclic) bond motifs is 10. The van der Waals surface area contributed by atoms with Gasteiger partial charge >= 0.3 is 0 Å². The number of benzene rings is 20. The van der Waals surface area contributed by atoms with Crippen LogP contribution in [0.25, 0.3) is 108 Å². The van der Waals surface area contributed by atoms with Crippen LogP contribution in [0.2, 0.25) is 0 Å². The van der Waals surface area contributed by atoms with Crippen molar-refractivity contribution in [3.8, 4) is 0 Å². The van der Waals surface area contributed by atoms with Crippen molar-refractivity contribution in [2.75, 3.05) is 19.6 Å². The van der Waals surface area contributed by atoms with Crippen molar-refractivity contribution >= 4 is 176 Å². The van der Waals surface area contributed by atoms with E-state index >= 15 is 0 Å². The lowest BCUT2D eigenvalue weighted by Gasteiger charge is -2.28. The smallest absolute Gasteiger partial charge is 0.0540 e. The van der Waals surface area contributed by atoms with Gasteiger partial charge in [-0.3, -0.25) is 0 Å². The minimum absolute atomic E-state index is 1.12. The van der Waals surface area contributed by atoms with E-state index < -0.39 is 0 Å². The van der Waals surface area contributed by atoms with Crippen LogP contribution in [0, 0.1) is 0 Å². The summed E-state index contributed by atoms with van der Waals surface area (Å²) >= 11 is 0. The zero-order chi connectivity index (χ0) is 68.9. The highest BCUT2D eigenvalue weighted by atomic mass is 15.2. The molecule has 0 radical (unpaired) electrons. The molecule has 20 aromatic rings. The van der Waals surface area contributed by atoms with Crippen LogP contribution in [0.5, 0.6) is 0 Å². The molecule has 104 heavy (non-hydrogen) atoms. The molecule has 4 nitrogen and oxygen atoms in total. The fourth-order valence-corrected chi connectivity index (χ4v) is 15.6. The van der Waals surface area contributed by atoms with E-state index in [1.165, 1.54) is 108 Å². The van der Waals surface area contributed by atoms with Crippen molar-refractivity contribution in [2.45, 2.75) is 0 Å². The maximum Gasteiger partial charge on any atom is 0.0540 e. The Bertz CT molecular complexity index is 5870. The van der Waals surface area contributed by atoms with Gasteiger partial charge in [-0.25, -0.2) is 0 Å². The molecule has 0 N–H and O–H groups in total. The highest BCUT2D eigenvalue weighted by molar-refractivity contribution is 6.07. The number of hydrogen-bond donors (Lipinski definition) is 0. The number of nitrogens with zero attached hydrogens (tertiary/aromatic N) is 4. The molecule has 0 fully saturated rings. The molecule has 0 aliphatic heterocycles. The molecule has 0 heterocycles. The fraction of sp³-hybridized carbons (Fsp3) is 0. The maximum absolute atomic E-state index is 2.40. The molecule has 0 aliphatic rings. The first-order valence-corrected chi connectivity index (χ1v) is 35.7. The van der Waals surface area contributed by atoms with Gasteiger partial charge in [0.25, 0.3) is 0 Å². The average Bonchev–Trinajstić information content (AvgIpc) is 0.760. The van der Waals surface area contributed by atoms with E-state index in [1.54, 1.807) is 0 Å².